The number of hydrogen-bond acceptors (Lipinski definition) is 7. The van der Waals surface area contributed by atoms with E-state index in [1.807, 2.05) is 20.8 Å². The number of hydrogen-bond donors (Lipinski definition) is 1. The highest BCUT2D eigenvalue weighted by Crippen LogP contribution is 2.41. The van der Waals surface area contributed by atoms with Gasteiger partial charge in [-0.25, -0.2) is 4.98 Å². The average Bonchev–Trinajstić information content (AvgIpc) is 3.19. The van der Waals surface area contributed by atoms with Crippen molar-refractivity contribution in [2.45, 2.75) is 50.0 Å². The lowest BCUT2D eigenvalue weighted by Gasteiger charge is -2.07. The summed E-state index contributed by atoms with van der Waals surface area (Å²) in [6, 6.07) is 0. The Morgan fingerprint density at radius 3 is 2.87 bits per heavy atom. The Bertz CT molecular complexity index is 939. The van der Waals surface area contributed by atoms with Gasteiger partial charge >= 0.3 is 0 Å². The molecule has 0 spiro atoms. The van der Waals surface area contributed by atoms with Crippen LogP contribution < -0.4 is 5.56 Å². The van der Waals surface area contributed by atoms with Gasteiger partial charge in [0.05, 0.1) is 10.6 Å². The van der Waals surface area contributed by atoms with E-state index in [0.29, 0.717) is 22.4 Å². The summed E-state index contributed by atoms with van der Waals surface area (Å²) in [5, 5.41) is 9.31. The quantitative estimate of drug-likeness (QED) is 0.723. The van der Waals surface area contributed by atoms with E-state index >= 15 is 0 Å². The molecular weight excluding hydrogens is 332 g/mol. The first-order chi connectivity index (χ1) is 11.0. The molecule has 1 atom stereocenters. The van der Waals surface area contributed by atoms with Crippen molar-refractivity contribution >= 4 is 33.3 Å². The van der Waals surface area contributed by atoms with E-state index < -0.39 is 0 Å². The number of nitrogens with one attached hydrogen (secondary N) is 1. The molecule has 1 aliphatic carbocycles. The molecule has 3 heterocycles. The zero-order valence-corrected chi connectivity index (χ0v) is 14.7. The standard InChI is InChI=1S/C15H16N4O2S2/c1-6-7(2)22-14-10(6)12(20)16-11(17-14)8(3)23-15-19-18-13(21-15)9-4-5-9/h8-9H,4-5H2,1-3H3,(H,16,17,20)/t8-/m0/s1. The largest absolute Gasteiger partial charge is 0.416 e. The molecule has 0 aliphatic heterocycles. The van der Waals surface area contributed by atoms with Crippen LogP contribution in [0.3, 0.4) is 0 Å². The third kappa shape index (κ3) is 2.70. The topological polar surface area (TPSA) is 84.7 Å². The molecule has 6 nitrogen and oxygen atoms in total. The van der Waals surface area contributed by atoms with E-state index in [1.165, 1.54) is 11.8 Å². The number of fused-ring (bicyclic) bond motifs is 1. The number of aromatic nitrogens is 4. The van der Waals surface area contributed by atoms with E-state index in [4.69, 9.17) is 4.42 Å². The summed E-state index contributed by atoms with van der Waals surface area (Å²) >= 11 is 2.98. The predicted octanol–water partition coefficient (Wildman–Crippen LogP) is 3.72. The lowest BCUT2D eigenvalue weighted by atomic mass is 10.2. The highest BCUT2D eigenvalue weighted by atomic mass is 32.2. The molecular formula is C15H16N4O2S2. The van der Waals surface area contributed by atoms with Crippen molar-refractivity contribution in [3.63, 3.8) is 0 Å². The lowest BCUT2D eigenvalue weighted by Crippen LogP contribution is -2.12. The van der Waals surface area contributed by atoms with Gasteiger partial charge in [-0.15, -0.1) is 21.5 Å². The number of thiophene rings is 1. The summed E-state index contributed by atoms with van der Waals surface area (Å²) in [6.45, 7) is 5.95. The Kier molecular flexibility index (Phi) is 3.53. The minimum absolute atomic E-state index is 0.0673. The van der Waals surface area contributed by atoms with Crippen LogP contribution in [0.25, 0.3) is 10.2 Å². The summed E-state index contributed by atoms with van der Waals surface area (Å²) < 4.78 is 5.66. The average molecular weight is 348 g/mol. The summed E-state index contributed by atoms with van der Waals surface area (Å²) in [6.07, 6.45) is 2.26. The maximum Gasteiger partial charge on any atom is 0.277 e. The van der Waals surface area contributed by atoms with E-state index in [9.17, 15) is 4.79 Å². The van der Waals surface area contributed by atoms with Gasteiger partial charge < -0.3 is 9.40 Å². The number of H-pyrrole nitrogens is 1. The van der Waals surface area contributed by atoms with Crippen LogP contribution in [0.15, 0.2) is 14.4 Å². The Hall–Kier alpha value is -1.67. The smallest absolute Gasteiger partial charge is 0.277 e. The SMILES string of the molecule is Cc1sc2nc([C@H](C)Sc3nnc(C4CC4)o3)[nH]c(=O)c2c1C. The third-order valence-corrected chi connectivity index (χ3v) is 6.11. The van der Waals surface area contributed by atoms with Crippen molar-refractivity contribution in [2.75, 3.05) is 0 Å². The molecule has 3 aromatic heterocycles. The fourth-order valence-electron chi connectivity index (χ4n) is 2.43. The van der Waals surface area contributed by atoms with E-state index in [0.717, 1.165) is 34.0 Å². The summed E-state index contributed by atoms with van der Waals surface area (Å²) in [5.41, 5.74) is 0.931. The molecule has 0 saturated heterocycles. The maximum absolute atomic E-state index is 12.3. The molecule has 4 rings (SSSR count). The number of nitrogens with zero attached hydrogens (tertiary/aromatic N) is 3. The van der Waals surface area contributed by atoms with E-state index in [2.05, 4.69) is 20.2 Å². The second kappa shape index (κ2) is 5.45. The highest BCUT2D eigenvalue weighted by Gasteiger charge is 2.30. The highest BCUT2D eigenvalue weighted by molar-refractivity contribution is 7.99. The van der Waals surface area contributed by atoms with Gasteiger partial charge in [0.2, 0.25) is 5.89 Å². The molecule has 0 bridgehead atoms. The second-order valence-corrected chi connectivity index (χ2v) is 8.35. The predicted molar refractivity (Wildman–Crippen MR) is 90.3 cm³/mol. The zero-order valence-electron chi connectivity index (χ0n) is 13.0. The molecule has 1 saturated carbocycles. The van der Waals surface area contributed by atoms with Crippen molar-refractivity contribution in [1.82, 2.24) is 20.2 Å². The fourth-order valence-corrected chi connectivity index (χ4v) is 4.22. The van der Waals surface area contributed by atoms with Gasteiger partial charge in [0.25, 0.3) is 10.8 Å². The molecule has 1 fully saturated rings. The van der Waals surface area contributed by atoms with Crippen molar-refractivity contribution in [3.8, 4) is 0 Å². The number of aryl methyl sites for hydroxylation is 2. The minimum atomic E-state index is -0.0801. The second-order valence-electron chi connectivity index (χ2n) is 5.86. The first-order valence-electron chi connectivity index (χ1n) is 7.53. The van der Waals surface area contributed by atoms with E-state index in [-0.39, 0.29) is 10.8 Å². The van der Waals surface area contributed by atoms with Crippen molar-refractivity contribution in [2.24, 2.45) is 0 Å². The number of aromatic amines is 1. The molecule has 1 aliphatic rings. The Labute approximate surface area is 140 Å². The van der Waals surface area contributed by atoms with Gasteiger partial charge in [0.1, 0.15) is 10.7 Å². The summed E-state index contributed by atoms with van der Waals surface area (Å²) in [5.74, 6) is 1.81. The Morgan fingerprint density at radius 2 is 2.13 bits per heavy atom. The van der Waals surface area contributed by atoms with Crippen LogP contribution in [0.1, 0.15) is 53.1 Å². The number of rotatable bonds is 4. The lowest BCUT2D eigenvalue weighted by molar-refractivity contribution is 0.413. The monoisotopic (exact) mass is 348 g/mol. The van der Waals surface area contributed by atoms with Crippen LogP contribution in [0, 0.1) is 13.8 Å². The molecule has 0 radical (unpaired) electrons. The maximum atomic E-state index is 12.3. The molecule has 0 unspecified atom stereocenters. The van der Waals surface area contributed by atoms with Crippen LogP contribution in [-0.4, -0.2) is 20.2 Å². The Balaban J connectivity index is 1.63. The van der Waals surface area contributed by atoms with Gasteiger partial charge in [0.15, 0.2) is 0 Å². The molecule has 1 N–H and O–H groups in total. The first kappa shape index (κ1) is 14.9. The van der Waals surface area contributed by atoms with Crippen LogP contribution in [-0.2, 0) is 0 Å². The molecule has 8 heteroatoms. The molecule has 23 heavy (non-hydrogen) atoms. The van der Waals surface area contributed by atoms with Crippen LogP contribution in [0.2, 0.25) is 0 Å². The van der Waals surface area contributed by atoms with Crippen LogP contribution in [0.5, 0.6) is 0 Å². The van der Waals surface area contributed by atoms with Gasteiger partial charge in [-0.2, -0.15) is 0 Å². The van der Waals surface area contributed by atoms with Crippen molar-refractivity contribution in [3.05, 3.63) is 32.5 Å². The fraction of sp³-hybridized carbons (Fsp3) is 0.467. The molecule has 120 valence electrons. The van der Waals surface area contributed by atoms with Crippen molar-refractivity contribution in [1.29, 1.82) is 0 Å². The van der Waals surface area contributed by atoms with Gasteiger partial charge in [-0.3, -0.25) is 4.79 Å². The van der Waals surface area contributed by atoms with Gasteiger partial charge in [-0.1, -0.05) is 11.8 Å². The third-order valence-electron chi connectivity index (χ3n) is 4.07. The number of thioether (sulfide) groups is 1. The first-order valence-corrected chi connectivity index (χ1v) is 9.22. The molecule has 0 amide bonds. The minimum Gasteiger partial charge on any atom is -0.416 e. The van der Waals surface area contributed by atoms with Crippen LogP contribution >= 0.6 is 23.1 Å². The van der Waals surface area contributed by atoms with Crippen LogP contribution in [0.4, 0.5) is 0 Å². The summed E-state index contributed by atoms with van der Waals surface area (Å²) in [7, 11) is 0. The van der Waals surface area contributed by atoms with Gasteiger partial charge in [-0.05, 0) is 39.2 Å². The molecule has 0 aromatic carbocycles. The van der Waals surface area contributed by atoms with Crippen molar-refractivity contribution < 1.29 is 4.42 Å². The Morgan fingerprint density at radius 1 is 1.35 bits per heavy atom. The van der Waals surface area contributed by atoms with E-state index in [1.54, 1.807) is 11.3 Å². The zero-order chi connectivity index (χ0) is 16.1. The summed E-state index contributed by atoms with van der Waals surface area (Å²) in [4.78, 5) is 21.8. The van der Waals surface area contributed by atoms with Gasteiger partial charge in [0, 0.05) is 10.8 Å². The normalized spacial score (nSPS) is 16.1. The molecule has 3 aromatic rings.